The molecule has 1 saturated carbocycles. The first-order valence-electron chi connectivity index (χ1n) is 6.93. The zero-order valence-corrected chi connectivity index (χ0v) is 12.0. The van der Waals surface area contributed by atoms with Crippen LogP contribution in [0.4, 0.5) is 10.1 Å². The van der Waals surface area contributed by atoms with Crippen LogP contribution in [0.15, 0.2) is 24.8 Å². The average Bonchev–Trinajstić information content (AvgIpc) is 3.22. The quantitative estimate of drug-likeness (QED) is 0.788. The highest BCUT2D eigenvalue weighted by molar-refractivity contribution is 5.59. The third-order valence-electron chi connectivity index (χ3n) is 3.83. The fraction of sp³-hybridized carbons (Fsp3) is 0.500. The summed E-state index contributed by atoms with van der Waals surface area (Å²) >= 11 is 0. The van der Waals surface area contributed by atoms with Crippen molar-refractivity contribution in [2.45, 2.75) is 38.8 Å². The maximum absolute atomic E-state index is 13.9. The molecule has 1 aromatic carbocycles. The zero-order chi connectivity index (χ0) is 14.0. The molecule has 1 N–H and O–H groups in total. The predicted molar refractivity (Wildman–Crippen MR) is 79.2 cm³/mol. The number of aryl methyl sites for hydroxylation is 1. The Morgan fingerprint density at radius 3 is 2.74 bits per heavy atom. The molecular formula is C16H23FN2. The molecule has 1 fully saturated rings. The van der Waals surface area contributed by atoms with Gasteiger partial charge < -0.3 is 10.2 Å². The normalized spacial score (nSPS) is 16.2. The lowest BCUT2D eigenvalue weighted by Gasteiger charge is -2.28. The number of hydrogen-bond donors (Lipinski definition) is 1. The van der Waals surface area contributed by atoms with Gasteiger partial charge in [0.05, 0.1) is 0 Å². The first-order chi connectivity index (χ1) is 9.08. The molecule has 19 heavy (non-hydrogen) atoms. The molecule has 0 saturated heterocycles. The van der Waals surface area contributed by atoms with E-state index in [2.05, 4.69) is 23.7 Å². The van der Waals surface area contributed by atoms with E-state index in [1.165, 1.54) is 12.8 Å². The van der Waals surface area contributed by atoms with Gasteiger partial charge in [0, 0.05) is 24.3 Å². The van der Waals surface area contributed by atoms with E-state index in [4.69, 9.17) is 0 Å². The van der Waals surface area contributed by atoms with Crippen molar-refractivity contribution in [2.75, 3.05) is 18.5 Å². The Labute approximate surface area is 115 Å². The second-order valence-corrected chi connectivity index (χ2v) is 5.34. The monoisotopic (exact) mass is 262 g/mol. The van der Waals surface area contributed by atoms with Crippen LogP contribution in [0.25, 0.3) is 0 Å². The Kier molecular flexibility index (Phi) is 4.25. The number of halogens is 1. The number of benzene rings is 1. The summed E-state index contributed by atoms with van der Waals surface area (Å²) in [5, 5.41) is 3.21. The number of nitrogens with zero attached hydrogens (tertiary/aromatic N) is 1. The molecule has 104 valence electrons. The van der Waals surface area contributed by atoms with Crippen LogP contribution < -0.4 is 10.2 Å². The van der Waals surface area contributed by atoms with Crippen molar-refractivity contribution in [3.05, 3.63) is 41.7 Å². The standard InChI is InChI=1S/C16H23FN2/c1-5-8-19(13-6-7-13)16-9-11(2)15(17)10-14(16)12(3)18-4/h5,9-10,12-13,18H,1,6-8H2,2-4H3. The molecule has 2 rings (SSSR count). The van der Waals surface area contributed by atoms with Crippen molar-refractivity contribution < 1.29 is 4.39 Å². The summed E-state index contributed by atoms with van der Waals surface area (Å²) < 4.78 is 13.9. The number of rotatable bonds is 6. The summed E-state index contributed by atoms with van der Waals surface area (Å²) in [6, 6.07) is 4.37. The Bertz CT molecular complexity index is 466. The van der Waals surface area contributed by atoms with E-state index in [1.54, 1.807) is 6.07 Å². The number of hydrogen-bond acceptors (Lipinski definition) is 2. The Morgan fingerprint density at radius 1 is 1.53 bits per heavy atom. The van der Waals surface area contributed by atoms with Crippen LogP contribution >= 0.6 is 0 Å². The lowest BCUT2D eigenvalue weighted by molar-refractivity contribution is 0.599. The van der Waals surface area contributed by atoms with Gasteiger partial charge in [-0.15, -0.1) is 6.58 Å². The lowest BCUT2D eigenvalue weighted by atomic mass is 10.0. The highest BCUT2D eigenvalue weighted by Crippen LogP contribution is 2.36. The van der Waals surface area contributed by atoms with Crippen LogP contribution in [-0.4, -0.2) is 19.6 Å². The topological polar surface area (TPSA) is 15.3 Å². The van der Waals surface area contributed by atoms with Gasteiger partial charge in [-0.2, -0.15) is 0 Å². The van der Waals surface area contributed by atoms with Gasteiger partial charge >= 0.3 is 0 Å². The minimum absolute atomic E-state index is 0.129. The molecule has 0 spiro atoms. The maximum Gasteiger partial charge on any atom is 0.126 e. The van der Waals surface area contributed by atoms with E-state index < -0.39 is 0 Å². The van der Waals surface area contributed by atoms with E-state index in [0.717, 1.165) is 17.8 Å². The molecule has 0 aliphatic heterocycles. The van der Waals surface area contributed by atoms with Crippen LogP contribution in [0, 0.1) is 12.7 Å². The number of anilines is 1. The minimum atomic E-state index is -0.129. The molecule has 1 aliphatic rings. The van der Waals surface area contributed by atoms with Crippen molar-refractivity contribution in [2.24, 2.45) is 0 Å². The third-order valence-corrected chi connectivity index (χ3v) is 3.83. The van der Waals surface area contributed by atoms with Crippen LogP contribution in [0.2, 0.25) is 0 Å². The summed E-state index contributed by atoms with van der Waals surface area (Å²) in [4.78, 5) is 2.35. The predicted octanol–water partition coefficient (Wildman–Crippen LogP) is 3.57. The van der Waals surface area contributed by atoms with Crippen LogP contribution in [0.3, 0.4) is 0 Å². The van der Waals surface area contributed by atoms with E-state index in [1.807, 2.05) is 26.1 Å². The molecule has 1 aromatic rings. The summed E-state index contributed by atoms with van der Waals surface area (Å²) in [5.74, 6) is -0.129. The summed E-state index contributed by atoms with van der Waals surface area (Å²) in [7, 11) is 1.90. The fourth-order valence-electron chi connectivity index (χ4n) is 2.40. The number of nitrogens with one attached hydrogen (secondary N) is 1. The molecule has 1 aliphatic carbocycles. The average molecular weight is 262 g/mol. The zero-order valence-electron chi connectivity index (χ0n) is 12.0. The van der Waals surface area contributed by atoms with Gasteiger partial charge in [0.1, 0.15) is 5.82 Å². The molecule has 0 amide bonds. The largest absolute Gasteiger partial charge is 0.365 e. The SMILES string of the molecule is C=CCN(c1cc(C)c(F)cc1C(C)NC)C1CC1. The molecule has 0 radical (unpaired) electrons. The highest BCUT2D eigenvalue weighted by Gasteiger charge is 2.30. The highest BCUT2D eigenvalue weighted by atomic mass is 19.1. The van der Waals surface area contributed by atoms with E-state index >= 15 is 0 Å². The molecule has 0 bridgehead atoms. The van der Waals surface area contributed by atoms with Crippen LogP contribution in [-0.2, 0) is 0 Å². The van der Waals surface area contributed by atoms with Crippen molar-refractivity contribution >= 4 is 5.69 Å². The van der Waals surface area contributed by atoms with Gasteiger partial charge in [0.25, 0.3) is 0 Å². The van der Waals surface area contributed by atoms with Gasteiger partial charge in [-0.3, -0.25) is 0 Å². The van der Waals surface area contributed by atoms with Crippen LogP contribution in [0.5, 0.6) is 0 Å². The lowest BCUT2D eigenvalue weighted by Crippen LogP contribution is -2.28. The molecular weight excluding hydrogens is 239 g/mol. The molecule has 1 atom stereocenters. The van der Waals surface area contributed by atoms with Crippen molar-refractivity contribution in [1.82, 2.24) is 5.32 Å². The molecule has 0 heterocycles. The van der Waals surface area contributed by atoms with E-state index in [-0.39, 0.29) is 11.9 Å². The first-order valence-corrected chi connectivity index (χ1v) is 6.93. The fourth-order valence-corrected chi connectivity index (χ4v) is 2.40. The smallest absolute Gasteiger partial charge is 0.126 e. The molecule has 1 unspecified atom stereocenters. The van der Waals surface area contributed by atoms with E-state index in [9.17, 15) is 4.39 Å². The van der Waals surface area contributed by atoms with Crippen molar-refractivity contribution in [3.8, 4) is 0 Å². The summed E-state index contributed by atoms with van der Waals surface area (Å²) in [6.45, 7) is 8.55. The molecule has 3 heteroatoms. The second-order valence-electron chi connectivity index (χ2n) is 5.34. The first kappa shape index (κ1) is 14.1. The van der Waals surface area contributed by atoms with E-state index in [0.29, 0.717) is 11.6 Å². The van der Waals surface area contributed by atoms with Gasteiger partial charge in [-0.25, -0.2) is 4.39 Å². The Balaban J connectivity index is 2.45. The third kappa shape index (κ3) is 2.98. The molecule has 2 nitrogen and oxygen atoms in total. The van der Waals surface area contributed by atoms with Crippen molar-refractivity contribution in [3.63, 3.8) is 0 Å². The summed E-state index contributed by atoms with van der Waals surface area (Å²) in [6.07, 6.45) is 4.36. The summed E-state index contributed by atoms with van der Waals surface area (Å²) in [5.41, 5.74) is 2.87. The van der Waals surface area contributed by atoms with Gasteiger partial charge in [-0.05, 0) is 57.0 Å². The Morgan fingerprint density at radius 2 is 2.21 bits per heavy atom. The maximum atomic E-state index is 13.9. The van der Waals surface area contributed by atoms with Gasteiger partial charge in [0.2, 0.25) is 0 Å². The van der Waals surface area contributed by atoms with Gasteiger partial charge in [-0.1, -0.05) is 6.08 Å². The van der Waals surface area contributed by atoms with Gasteiger partial charge in [0.15, 0.2) is 0 Å². The van der Waals surface area contributed by atoms with Crippen LogP contribution in [0.1, 0.15) is 36.9 Å². The minimum Gasteiger partial charge on any atom is -0.365 e. The Hall–Kier alpha value is -1.35. The molecule has 0 aromatic heterocycles. The van der Waals surface area contributed by atoms with Crippen molar-refractivity contribution in [1.29, 1.82) is 0 Å². The second kappa shape index (κ2) is 5.74.